The number of amidine groups is 1. The molecule has 1 fully saturated rings. The number of nitrogens with two attached hydrogens (primary N) is 1. The molecule has 5 nitrogen and oxygen atoms in total. The lowest BCUT2D eigenvalue weighted by Gasteiger charge is -2.24. The van der Waals surface area contributed by atoms with E-state index in [-0.39, 0.29) is 18.5 Å². The highest BCUT2D eigenvalue weighted by molar-refractivity contribution is 5.95. The fourth-order valence-corrected chi connectivity index (χ4v) is 2.07. The molecule has 0 spiro atoms. The Morgan fingerprint density at radius 2 is 2.50 bits per heavy atom. The second-order valence-corrected chi connectivity index (χ2v) is 3.99. The summed E-state index contributed by atoms with van der Waals surface area (Å²) >= 11 is 0. The first kappa shape index (κ1) is 10.9. The summed E-state index contributed by atoms with van der Waals surface area (Å²) in [5.41, 5.74) is 6.11. The fourth-order valence-electron chi connectivity index (χ4n) is 2.07. The SMILES string of the molecule is N=C(N)c1ccnc(N2CCCC2CO)c1. The summed E-state index contributed by atoms with van der Waals surface area (Å²) in [6.45, 7) is 1.05. The van der Waals surface area contributed by atoms with E-state index in [4.69, 9.17) is 11.1 Å². The van der Waals surface area contributed by atoms with E-state index >= 15 is 0 Å². The van der Waals surface area contributed by atoms with Gasteiger partial charge in [-0.1, -0.05) is 0 Å². The van der Waals surface area contributed by atoms with Gasteiger partial charge in [-0.25, -0.2) is 4.98 Å². The average molecular weight is 220 g/mol. The molecule has 1 aromatic heterocycles. The van der Waals surface area contributed by atoms with Gasteiger partial charge in [-0.05, 0) is 25.0 Å². The summed E-state index contributed by atoms with van der Waals surface area (Å²) in [6.07, 6.45) is 3.71. The lowest BCUT2D eigenvalue weighted by atomic mass is 10.2. The van der Waals surface area contributed by atoms with Crippen molar-refractivity contribution < 1.29 is 5.11 Å². The van der Waals surface area contributed by atoms with E-state index < -0.39 is 0 Å². The normalized spacial score (nSPS) is 20.1. The third kappa shape index (κ3) is 1.99. The summed E-state index contributed by atoms with van der Waals surface area (Å²) in [5.74, 6) is 0.840. The van der Waals surface area contributed by atoms with Crippen molar-refractivity contribution in [3.05, 3.63) is 23.9 Å². The Hall–Kier alpha value is -1.62. The van der Waals surface area contributed by atoms with E-state index in [1.807, 2.05) is 0 Å². The third-order valence-electron chi connectivity index (χ3n) is 2.94. The molecule has 1 saturated heterocycles. The van der Waals surface area contributed by atoms with Crippen molar-refractivity contribution in [2.24, 2.45) is 5.73 Å². The van der Waals surface area contributed by atoms with Crippen LogP contribution in [-0.2, 0) is 0 Å². The first-order valence-corrected chi connectivity index (χ1v) is 5.40. The number of hydrogen-bond acceptors (Lipinski definition) is 4. The van der Waals surface area contributed by atoms with E-state index in [1.165, 1.54) is 0 Å². The number of aromatic nitrogens is 1. The number of nitrogens with zero attached hydrogens (tertiary/aromatic N) is 2. The van der Waals surface area contributed by atoms with Gasteiger partial charge in [0.15, 0.2) is 0 Å². The van der Waals surface area contributed by atoms with E-state index in [0.29, 0.717) is 5.56 Å². The molecule has 0 saturated carbocycles. The zero-order valence-corrected chi connectivity index (χ0v) is 9.06. The maximum atomic E-state index is 9.24. The summed E-state index contributed by atoms with van der Waals surface area (Å²) in [6, 6.07) is 3.67. The molecule has 0 radical (unpaired) electrons. The lowest BCUT2D eigenvalue weighted by Crippen LogP contribution is -2.32. The van der Waals surface area contributed by atoms with Crippen LogP contribution < -0.4 is 10.6 Å². The minimum Gasteiger partial charge on any atom is -0.394 e. The van der Waals surface area contributed by atoms with E-state index in [1.54, 1.807) is 18.3 Å². The van der Waals surface area contributed by atoms with Crippen LogP contribution in [0.1, 0.15) is 18.4 Å². The van der Waals surface area contributed by atoms with Gasteiger partial charge in [-0.3, -0.25) is 5.41 Å². The van der Waals surface area contributed by atoms with Crippen LogP contribution in [0.4, 0.5) is 5.82 Å². The molecule has 0 aliphatic carbocycles. The van der Waals surface area contributed by atoms with Gasteiger partial charge in [-0.2, -0.15) is 0 Å². The highest BCUT2D eigenvalue weighted by Crippen LogP contribution is 2.23. The molecule has 0 amide bonds. The maximum Gasteiger partial charge on any atom is 0.129 e. The lowest BCUT2D eigenvalue weighted by molar-refractivity contribution is 0.266. The van der Waals surface area contributed by atoms with Crippen molar-refractivity contribution in [1.29, 1.82) is 5.41 Å². The molecule has 86 valence electrons. The van der Waals surface area contributed by atoms with E-state index in [9.17, 15) is 5.11 Å². The van der Waals surface area contributed by atoms with Crippen LogP contribution in [0.15, 0.2) is 18.3 Å². The standard InChI is InChI=1S/C11H16N4O/c12-11(13)8-3-4-14-10(6-8)15-5-1-2-9(15)7-16/h3-4,6,9,16H,1-2,5,7H2,(H3,12,13). The minimum absolute atomic E-state index is 0.0448. The fraction of sp³-hybridized carbons (Fsp3) is 0.455. The monoisotopic (exact) mass is 220 g/mol. The van der Waals surface area contributed by atoms with Crippen LogP contribution in [0, 0.1) is 5.41 Å². The number of hydrogen-bond donors (Lipinski definition) is 3. The highest BCUT2D eigenvalue weighted by atomic mass is 16.3. The van der Waals surface area contributed by atoms with Crippen molar-refractivity contribution >= 4 is 11.7 Å². The van der Waals surface area contributed by atoms with Gasteiger partial charge in [-0.15, -0.1) is 0 Å². The second-order valence-electron chi connectivity index (χ2n) is 3.99. The quantitative estimate of drug-likeness (QED) is 0.506. The second kappa shape index (κ2) is 4.49. The highest BCUT2D eigenvalue weighted by Gasteiger charge is 2.24. The first-order valence-electron chi connectivity index (χ1n) is 5.40. The number of rotatable bonds is 3. The first-order chi connectivity index (χ1) is 7.72. The van der Waals surface area contributed by atoms with Crippen LogP contribution >= 0.6 is 0 Å². The molecule has 0 aromatic carbocycles. The van der Waals surface area contributed by atoms with Crippen LogP contribution in [-0.4, -0.2) is 35.1 Å². The zero-order chi connectivity index (χ0) is 11.5. The molecular formula is C11H16N4O. The van der Waals surface area contributed by atoms with Crippen LogP contribution in [0.2, 0.25) is 0 Å². The minimum atomic E-state index is 0.0448. The third-order valence-corrected chi connectivity index (χ3v) is 2.94. The molecule has 1 aliphatic heterocycles. The Kier molecular flexibility index (Phi) is 3.05. The van der Waals surface area contributed by atoms with Crippen LogP contribution in [0.5, 0.6) is 0 Å². The molecule has 1 atom stereocenters. The van der Waals surface area contributed by atoms with Gasteiger partial charge in [0.25, 0.3) is 0 Å². The largest absolute Gasteiger partial charge is 0.394 e. The van der Waals surface area contributed by atoms with Crippen LogP contribution in [0.25, 0.3) is 0 Å². The number of pyridine rings is 1. The summed E-state index contributed by atoms with van der Waals surface area (Å²) in [5, 5.41) is 16.6. The Morgan fingerprint density at radius 3 is 3.19 bits per heavy atom. The van der Waals surface area contributed by atoms with Gasteiger partial charge in [0, 0.05) is 18.3 Å². The van der Waals surface area contributed by atoms with Gasteiger partial charge in [0.05, 0.1) is 12.6 Å². The number of aliphatic hydroxyl groups is 1. The molecule has 1 aromatic rings. The van der Waals surface area contributed by atoms with E-state index in [2.05, 4.69) is 9.88 Å². The van der Waals surface area contributed by atoms with Crippen molar-refractivity contribution in [3.8, 4) is 0 Å². The molecular weight excluding hydrogens is 204 g/mol. The van der Waals surface area contributed by atoms with E-state index in [0.717, 1.165) is 25.2 Å². The molecule has 1 unspecified atom stereocenters. The number of nitrogens with one attached hydrogen (secondary N) is 1. The molecule has 1 aliphatic rings. The number of anilines is 1. The smallest absolute Gasteiger partial charge is 0.129 e. The topological polar surface area (TPSA) is 86.2 Å². The predicted octanol–water partition coefficient (Wildman–Crippen LogP) is 0.327. The van der Waals surface area contributed by atoms with Crippen molar-refractivity contribution in [3.63, 3.8) is 0 Å². The summed E-state index contributed by atoms with van der Waals surface area (Å²) < 4.78 is 0. The Labute approximate surface area is 94.4 Å². The van der Waals surface area contributed by atoms with Crippen molar-refractivity contribution in [2.75, 3.05) is 18.1 Å². The molecule has 2 heterocycles. The maximum absolute atomic E-state index is 9.24. The summed E-state index contributed by atoms with van der Waals surface area (Å²) in [7, 11) is 0. The van der Waals surface area contributed by atoms with Gasteiger partial charge in [0.1, 0.15) is 11.7 Å². The van der Waals surface area contributed by atoms with Crippen molar-refractivity contribution in [1.82, 2.24) is 4.98 Å². The molecule has 2 rings (SSSR count). The predicted molar refractivity (Wildman–Crippen MR) is 62.7 cm³/mol. The van der Waals surface area contributed by atoms with Gasteiger partial charge in [0.2, 0.25) is 0 Å². The number of aliphatic hydroxyl groups excluding tert-OH is 1. The Morgan fingerprint density at radius 1 is 1.69 bits per heavy atom. The Balaban J connectivity index is 2.26. The van der Waals surface area contributed by atoms with Gasteiger partial charge >= 0.3 is 0 Å². The molecule has 0 bridgehead atoms. The molecule has 4 N–H and O–H groups in total. The van der Waals surface area contributed by atoms with Gasteiger partial charge < -0.3 is 15.7 Å². The van der Waals surface area contributed by atoms with Crippen molar-refractivity contribution in [2.45, 2.75) is 18.9 Å². The summed E-state index contributed by atoms with van der Waals surface area (Å²) in [4.78, 5) is 6.34. The number of nitrogen functional groups attached to an aromatic ring is 1. The zero-order valence-electron chi connectivity index (χ0n) is 9.06. The Bertz CT molecular complexity index is 393. The van der Waals surface area contributed by atoms with Crippen LogP contribution in [0.3, 0.4) is 0 Å². The molecule has 16 heavy (non-hydrogen) atoms. The average Bonchev–Trinajstić information content (AvgIpc) is 2.77. The molecule has 5 heteroatoms.